The standard InChI is InChI=1S/C33H23Br2FN4O5/c1-2-43-28-15-20(23(35)16-29(28)44-18-31(41)38-26-10-6-4-8-24(26)36)17-37-40-32(39-25-9-5-3-7-22(25)33(40)42)30-14-19-13-21(34)11-12-27(19)45-30/h3-17H,2,18H2,1H3,(H,38,41). The van der Waals surface area contributed by atoms with Crippen LogP contribution in [0.1, 0.15) is 12.5 Å². The normalized spacial score (nSPS) is 11.4. The van der Waals surface area contributed by atoms with Gasteiger partial charge in [0.25, 0.3) is 11.5 Å². The summed E-state index contributed by atoms with van der Waals surface area (Å²) in [5.41, 5.74) is 1.37. The Morgan fingerprint density at radius 3 is 2.62 bits per heavy atom. The second-order valence-corrected chi connectivity index (χ2v) is 11.4. The number of carbonyl (C=O) groups is 1. The first-order chi connectivity index (χ1) is 21.8. The van der Waals surface area contributed by atoms with Crippen molar-refractivity contribution >= 4 is 71.5 Å². The maximum absolute atomic E-state index is 13.9. The number of hydrogen-bond donors (Lipinski definition) is 1. The van der Waals surface area contributed by atoms with Crippen LogP contribution in [0.15, 0.2) is 108 Å². The highest BCUT2D eigenvalue weighted by Crippen LogP contribution is 2.34. The molecular weight excluding hydrogens is 711 g/mol. The van der Waals surface area contributed by atoms with Gasteiger partial charge in [-0.2, -0.15) is 9.78 Å². The average molecular weight is 734 g/mol. The van der Waals surface area contributed by atoms with Gasteiger partial charge in [-0.15, -0.1) is 0 Å². The Balaban J connectivity index is 1.34. The highest BCUT2D eigenvalue weighted by Gasteiger charge is 2.18. The number of rotatable bonds is 9. The maximum atomic E-state index is 13.9. The number of nitrogens with zero attached hydrogens (tertiary/aromatic N) is 3. The van der Waals surface area contributed by atoms with Gasteiger partial charge in [0.2, 0.25) is 5.82 Å². The number of fused-ring (bicyclic) bond motifs is 2. The first-order valence-corrected chi connectivity index (χ1v) is 15.3. The van der Waals surface area contributed by atoms with Crippen molar-refractivity contribution in [1.29, 1.82) is 0 Å². The van der Waals surface area contributed by atoms with Gasteiger partial charge in [-0.1, -0.05) is 40.2 Å². The number of halogens is 3. The molecule has 9 nitrogen and oxygen atoms in total. The van der Waals surface area contributed by atoms with Crippen LogP contribution >= 0.6 is 31.9 Å². The number of ether oxygens (including phenoxy) is 2. The Morgan fingerprint density at radius 2 is 1.80 bits per heavy atom. The van der Waals surface area contributed by atoms with E-state index in [2.05, 4.69) is 42.3 Å². The summed E-state index contributed by atoms with van der Waals surface area (Å²) in [7, 11) is 0. The third-order valence-electron chi connectivity index (χ3n) is 6.63. The molecule has 0 aliphatic rings. The molecule has 0 saturated carbocycles. The molecule has 0 aliphatic heterocycles. The lowest BCUT2D eigenvalue weighted by Crippen LogP contribution is -2.21. The summed E-state index contributed by atoms with van der Waals surface area (Å²) in [5.74, 6) is 0.123. The quantitative estimate of drug-likeness (QED) is 0.152. The van der Waals surface area contributed by atoms with Crippen LogP contribution in [0.5, 0.6) is 11.5 Å². The van der Waals surface area contributed by atoms with E-state index < -0.39 is 11.7 Å². The zero-order valence-corrected chi connectivity index (χ0v) is 26.8. The fraction of sp³-hybridized carbons (Fsp3) is 0.0909. The summed E-state index contributed by atoms with van der Waals surface area (Å²) in [5, 5.41) is 8.24. The molecule has 226 valence electrons. The van der Waals surface area contributed by atoms with Crippen molar-refractivity contribution in [2.45, 2.75) is 6.92 Å². The Labute approximate surface area is 272 Å². The van der Waals surface area contributed by atoms with Gasteiger partial charge in [0, 0.05) is 19.9 Å². The molecule has 2 heterocycles. The van der Waals surface area contributed by atoms with E-state index in [9.17, 15) is 14.0 Å². The summed E-state index contributed by atoms with van der Waals surface area (Å²) in [6.07, 6.45) is 1.49. The highest BCUT2D eigenvalue weighted by atomic mass is 79.9. The van der Waals surface area contributed by atoms with Gasteiger partial charge >= 0.3 is 0 Å². The van der Waals surface area contributed by atoms with E-state index in [1.807, 2.05) is 31.2 Å². The molecule has 1 amide bonds. The van der Waals surface area contributed by atoms with Gasteiger partial charge in [0.1, 0.15) is 11.4 Å². The molecule has 6 rings (SSSR count). The van der Waals surface area contributed by atoms with E-state index in [1.54, 1.807) is 42.5 Å². The van der Waals surface area contributed by atoms with E-state index >= 15 is 0 Å². The number of aromatic nitrogens is 2. The van der Waals surface area contributed by atoms with Gasteiger partial charge in [-0.3, -0.25) is 9.59 Å². The van der Waals surface area contributed by atoms with Crippen LogP contribution in [0.2, 0.25) is 0 Å². The summed E-state index contributed by atoms with van der Waals surface area (Å²) in [4.78, 5) is 30.8. The molecule has 0 fully saturated rings. The summed E-state index contributed by atoms with van der Waals surface area (Å²) < 4.78 is 34.1. The minimum Gasteiger partial charge on any atom is -0.490 e. The first kappa shape index (κ1) is 30.2. The number of anilines is 1. The van der Waals surface area contributed by atoms with Crippen molar-refractivity contribution in [3.05, 3.63) is 116 Å². The second kappa shape index (κ2) is 13.0. The second-order valence-electron chi connectivity index (χ2n) is 9.68. The lowest BCUT2D eigenvalue weighted by Gasteiger charge is -2.14. The number of carbonyl (C=O) groups excluding carboxylic acids is 1. The molecule has 0 bridgehead atoms. The maximum Gasteiger partial charge on any atom is 0.282 e. The number of amides is 1. The monoisotopic (exact) mass is 732 g/mol. The number of furan rings is 1. The third-order valence-corrected chi connectivity index (χ3v) is 7.81. The topological polar surface area (TPSA) is 108 Å². The largest absolute Gasteiger partial charge is 0.490 e. The lowest BCUT2D eigenvalue weighted by atomic mass is 10.2. The number of para-hydroxylation sites is 2. The minimum absolute atomic E-state index is 0.0529. The summed E-state index contributed by atoms with van der Waals surface area (Å²) in [6.45, 7) is 1.74. The predicted octanol–water partition coefficient (Wildman–Crippen LogP) is 7.77. The number of hydrogen-bond acceptors (Lipinski definition) is 7. The molecule has 1 N–H and O–H groups in total. The molecule has 4 aromatic carbocycles. The van der Waals surface area contributed by atoms with Crippen LogP contribution in [-0.2, 0) is 4.79 Å². The zero-order chi connectivity index (χ0) is 31.5. The van der Waals surface area contributed by atoms with Crippen LogP contribution in [-0.4, -0.2) is 35.0 Å². The van der Waals surface area contributed by atoms with E-state index in [0.29, 0.717) is 44.6 Å². The van der Waals surface area contributed by atoms with E-state index in [1.165, 1.54) is 29.1 Å². The van der Waals surface area contributed by atoms with Crippen LogP contribution in [0.4, 0.5) is 10.1 Å². The van der Waals surface area contributed by atoms with Crippen LogP contribution < -0.4 is 20.3 Å². The average Bonchev–Trinajstić information content (AvgIpc) is 3.45. The highest BCUT2D eigenvalue weighted by molar-refractivity contribution is 9.10. The fourth-order valence-electron chi connectivity index (χ4n) is 4.56. The molecule has 0 saturated heterocycles. The number of nitrogens with one attached hydrogen (secondary N) is 1. The van der Waals surface area contributed by atoms with Crippen molar-refractivity contribution in [2.75, 3.05) is 18.5 Å². The van der Waals surface area contributed by atoms with E-state index in [0.717, 1.165) is 9.86 Å². The van der Waals surface area contributed by atoms with Crippen LogP contribution in [0.25, 0.3) is 33.5 Å². The first-order valence-electron chi connectivity index (χ1n) is 13.7. The van der Waals surface area contributed by atoms with Gasteiger partial charge in [0.15, 0.2) is 23.9 Å². The Kier molecular flexibility index (Phi) is 8.76. The van der Waals surface area contributed by atoms with Crippen molar-refractivity contribution < 1.29 is 23.1 Å². The molecule has 0 atom stereocenters. The molecule has 0 unspecified atom stereocenters. The molecule has 45 heavy (non-hydrogen) atoms. The zero-order valence-electron chi connectivity index (χ0n) is 23.6. The molecule has 0 aliphatic carbocycles. The van der Waals surface area contributed by atoms with Crippen LogP contribution in [0, 0.1) is 5.82 Å². The molecular formula is C33H23Br2FN4O5. The van der Waals surface area contributed by atoms with Gasteiger partial charge < -0.3 is 19.2 Å². The minimum atomic E-state index is -0.551. The van der Waals surface area contributed by atoms with Gasteiger partial charge in [-0.05, 0) is 83.5 Å². The predicted molar refractivity (Wildman–Crippen MR) is 178 cm³/mol. The van der Waals surface area contributed by atoms with Crippen molar-refractivity contribution in [1.82, 2.24) is 9.66 Å². The Bertz CT molecular complexity index is 2160. The molecule has 0 spiro atoms. The molecule has 12 heteroatoms. The Hall–Kier alpha value is -4.81. The fourth-order valence-corrected chi connectivity index (χ4v) is 5.36. The molecule has 2 aromatic heterocycles. The van der Waals surface area contributed by atoms with Gasteiger partial charge in [0.05, 0.1) is 29.4 Å². The summed E-state index contributed by atoms with van der Waals surface area (Å²) in [6, 6.07) is 23.6. The van der Waals surface area contributed by atoms with Crippen molar-refractivity contribution in [3.63, 3.8) is 0 Å². The smallest absolute Gasteiger partial charge is 0.282 e. The number of benzene rings is 4. The van der Waals surface area contributed by atoms with E-state index in [-0.39, 0.29) is 29.4 Å². The summed E-state index contributed by atoms with van der Waals surface area (Å²) >= 11 is 7.00. The van der Waals surface area contributed by atoms with Crippen molar-refractivity contribution in [3.8, 4) is 23.1 Å². The lowest BCUT2D eigenvalue weighted by molar-refractivity contribution is -0.118. The van der Waals surface area contributed by atoms with Crippen molar-refractivity contribution in [2.24, 2.45) is 5.10 Å². The van der Waals surface area contributed by atoms with Crippen LogP contribution in [0.3, 0.4) is 0 Å². The Morgan fingerprint density at radius 1 is 1.02 bits per heavy atom. The third kappa shape index (κ3) is 6.52. The van der Waals surface area contributed by atoms with Gasteiger partial charge in [-0.25, -0.2) is 9.37 Å². The van der Waals surface area contributed by atoms with E-state index in [4.69, 9.17) is 18.9 Å². The molecule has 6 aromatic rings. The SMILES string of the molecule is CCOc1cc(C=Nn2c(-c3cc4cc(Br)ccc4o3)nc3ccccc3c2=O)c(Br)cc1OCC(=O)Nc1ccccc1F. The molecule has 0 radical (unpaired) electrons.